The van der Waals surface area contributed by atoms with Gasteiger partial charge in [-0.05, 0) is 12.1 Å². The molecule has 1 rings (SSSR count). The van der Waals surface area contributed by atoms with Crippen LogP contribution in [-0.4, -0.2) is 5.71 Å². The van der Waals surface area contributed by atoms with Crippen LogP contribution in [0.2, 0.25) is 5.02 Å². The van der Waals surface area contributed by atoms with Crippen molar-refractivity contribution < 1.29 is 17.6 Å². The molecule has 0 aliphatic heterocycles. The largest absolute Gasteiger partial charge is 0.416 e. The number of hydrogen-bond donors (Lipinski definition) is 1. The highest BCUT2D eigenvalue weighted by atomic mass is 35.5. The van der Waals surface area contributed by atoms with Gasteiger partial charge in [-0.25, -0.2) is 4.39 Å². The number of hydrogen-bond acceptors (Lipinski definition) is 4. The first-order valence-electron chi connectivity index (χ1n) is 4.49. The third-order valence-electron chi connectivity index (χ3n) is 1.86. The fourth-order valence-corrected chi connectivity index (χ4v) is 1.24. The molecule has 0 atom stereocenters. The Bertz CT molecular complexity index is 594. The Morgan fingerprint density at radius 3 is 2.32 bits per heavy atom. The maximum Gasteiger partial charge on any atom is 0.416 e. The summed E-state index contributed by atoms with van der Waals surface area (Å²) in [5.41, 5.74) is -0.701. The van der Waals surface area contributed by atoms with Gasteiger partial charge in [-0.2, -0.15) is 28.8 Å². The van der Waals surface area contributed by atoms with E-state index in [1.54, 1.807) is 0 Å². The summed E-state index contributed by atoms with van der Waals surface area (Å²) in [7, 11) is 0. The molecule has 98 valence electrons. The predicted molar refractivity (Wildman–Crippen MR) is 58.7 cm³/mol. The Kier molecular flexibility index (Phi) is 4.30. The highest BCUT2D eigenvalue weighted by Crippen LogP contribution is 2.35. The first-order chi connectivity index (χ1) is 8.79. The van der Waals surface area contributed by atoms with Crippen LogP contribution in [0.15, 0.2) is 17.2 Å². The summed E-state index contributed by atoms with van der Waals surface area (Å²) in [6.07, 6.45) is -4.72. The quantitative estimate of drug-likeness (QED) is 0.516. The number of nitrogens with one attached hydrogen (secondary N) is 1. The van der Waals surface area contributed by atoms with Gasteiger partial charge < -0.3 is 0 Å². The minimum Gasteiger partial charge on any atom is -0.273 e. The van der Waals surface area contributed by atoms with E-state index in [9.17, 15) is 17.6 Å². The Morgan fingerprint density at radius 1 is 1.26 bits per heavy atom. The Morgan fingerprint density at radius 2 is 1.84 bits per heavy atom. The number of benzene rings is 1. The number of rotatable bonds is 2. The highest BCUT2D eigenvalue weighted by Gasteiger charge is 2.32. The van der Waals surface area contributed by atoms with Crippen LogP contribution in [0, 0.1) is 28.5 Å². The third-order valence-corrected chi connectivity index (χ3v) is 2.13. The van der Waals surface area contributed by atoms with Crippen LogP contribution in [0.3, 0.4) is 0 Å². The van der Waals surface area contributed by atoms with Gasteiger partial charge in [-0.15, -0.1) is 0 Å². The van der Waals surface area contributed by atoms with Crippen molar-refractivity contribution >= 4 is 23.0 Å². The van der Waals surface area contributed by atoms with Crippen LogP contribution in [0.25, 0.3) is 0 Å². The molecular formula is C10H3ClF4N4. The molecule has 0 fully saturated rings. The van der Waals surface area contributed by atoms with Crippen LogP contribution in [0.4, 0.5) is 23.2 Å². The summed E-state index contributed by atoms with van der Waals surface area (Å²) in [6, 6.07) is 3.54. The SMILES string of the molecule is N#CC(C#N)=NNc1cc(C(F)(F)F)cc(Cl)c1F. The molecule has 1 N–H and O–H groups in total. The van der Waals surface area contributed by atoms with E-state index in [0.717, 1.165) is 0 Å². The minimum absolute atomic E-state index is 0.418. The lowest BCUT2D eigenvalue weighted by molar-refractivity contribution is -0.137. The Hall–Kier alpha value is -2.32. The molecule has 19 heavy (non-hydrogen) atoms. The Labute approximate surface area is 109 Å². The lowest BCUT2D eigenvalue weighted by Crippen LogP contribution is -2.07. The molecule has 9 heteroatoms. The summed E-state index contributed by atoms with van der Waals surface area (Å²) in [6.45, 7) is 0. The summed E-state index contributed by atoms with van der Waals surface area (Å²) in [5, 5.41) is 19.1. The molecule has 0 saturated heterocycles. The van der Waals surface area contributed by atoms with Gasteiger partial charge >= 0.3 is 6.18 Å². The standard InChI is InChI=1S/C10H3ClF4N4/c11-7-1-5(10(13,14)15)2-8(9(7)12)19-18-6(3-16)4-17/h1-2,19H. The Balaban J connectivity index is 3.23. The van der Waals surface area contributed by atoms with E-state index in [1.165, 1.54) is 12.1 Å². The molecule has 0 unspecified atom stereocenters. The maximum absolute atomic E-state index is 13.4. The van der Waals surface area contributed by atoms with Crippen molar-refractivity contribution in [3.63, 3.8) is 0 Å². The molecule has 0 saturated carbocycles. The lowest BCUT2D eigenvalue weighted by atomic mass is 10.2. The fourth-order valence-electron chi connectivity index (χ4n) is 1.03. The lowest BCUT2D eigenvalue weighted by Gasteiger charge is -2.10. The molecule has 0 aliphatic carbocycles. The second kappa shape index (κ2) is 5.55. The molecule has 0 amide bonds. The highest BCUT2D eigenvalue weighted by molar-refractivity contribution is 6.31. The molecule has 0 aromatic heterocycles. The molecule has 0 heterocycles. The average molecular weight is 291 g/mol. The van der Waals surface area contributed by atoms with Gasteiger partial charge in [0.15, 0.2) is 5.82 Å². The molecule has 4 nitrogen and oxygen atoms in total. The summed E-state index contributed by atoms with van der Waals surface area (Å²) >= 11 is 5.31. The van der Waals surface area contributed by atoms with E-state index in [-0.39, 0.29) is 0 Å². The van der Waals surface area contributed by atoms with Crippen molar-refractivity contribution in [2.75, 3.05) is 5.43 Å². The van der Waals surface area contributed by atoms with Gasteiger partial charge in [-0.3, -0.25) is 5.43 Å². The minimum atomic E-state index is -4.72. The number of nitrogens with zero attached hydrogens (tertiary/aromatic N) is 3. The number of anilines is 1. The van der Waals surface area contributed by atoms with Gasteiger partial charge in [0.05, 0.1) is 16.3 Å². The van der Waals surface area contributed by atoms with E-state index >= 15 is 0 Å². The number of halogens is 5. The normalized spacial score (nSPS) is 10.3. The smallest absolute Gasteiger partial charge is 0.273 e. The molecule has 0 aliphatic rings. The van der Waals surface area contributed by atoms with Crippen molar-refractivity contribution in [3.8, 4) is 12.1 Å². The van der Waals surface area contributed by atoms with Gasteiger partial charge in [-0.1, -0.05) is 11.6 Å². The van der Waals surface area contributed by atoms with E-state index in [0.29, 0.717) is 12.1 Å². The van der Waals surface area contributed by atoms with E-state index in [1.807, 2.05) is 5.43 Å². The van der Waals surface area contributed by atoms with Crippen LogP contribution in [-0.2, 0) is 6.18 Å². The van der Waals surface area contributed by atoms with Crippen molar-refractivity contribution in [3.05, 3.63) is 28.5 Å². The molecular weight excluding hydrogens is 288 g/mol. The fraction of sp³-hybridized carbons (Fsp3) is 0.100. The number of nitriles is 2. The van der Waals surface area contributed by atoms with Gasteiger partial charge in [0, 0.05) is 0 Å². The van der Waals surface area contributed by atoms with Gasteiger partial charge in [0.25, 0.3) is 0 Å². The maximum atomic E-state index is 13.4. The third kappa shape index (κ3) is 3.57. The van der Waals surface area contributed by atoms with Gasteiger partial charge in [0.1, 0.15) is 12.1 Å². The van der Waals surface area contributed by atoms with Crippen molar-refractivity contribution in [1.82, 2.24) is 0 Å². The molecule has 1 aromatic rings. The van der Waals surface area contributed by atoms with Crippen LogP contribution in [0.1, 0.15) is 5.56 Å². The zero-order valence-corrected chi connectivity index (χ0v) is 9.64. The van der Waals surface area contributed by atoms with Crippen molar-refractivity contribution in [2.45, 2.75) is 6.18 Å². The zero-order chi connectivity index (χ0) is 14.6. The summed E-state index contributed by atoms with van der Waals surface area (Å²) in [4.78, 5) is 0. The first-order valence-corrected chi connectivity index (χ1v) is 4.87. The molecule has 0 bridgehead atoms. The molecule has 0 spiro atoms. The number of hydrazone groups is 1. The second-order valence-electron chi connectivity index (χ2n) is 3.11. The average Bonchev–Trinajstić information content (AvgIpc) is 2.33. The monoisotopic (exact) mass is 290 g/mol. The first kappa shape index (κ1) is 14.7. The van der Waals surface area contributed by atoms with Crippen LogP contribution >= 0.6 is 11.6 Å². The zero-order valence-electron chi connectivity index (χ0n) is 8.89. The van der Waals surface area contributed by atoms with E-state index in [4.69, 9.17) is 22.1 Å². The summed E-state index contributed by atoms with van der Waals surface area (Å²) < 4.78 is 50.8. The predicted octanol–water partition coefficient (Wildman–Crippen LogP) is 3.31. The topological polar surface area (TPSA) is 72.0 Å². The molecule has 1 aromatic carbocycles. The van der Waals surface area contributed by atoms with Crippen molar-refractivity contribution in [1.29, 1.82) is 10.5 Å². The van der Waals surface area contributed by atoms with E-state index < -0.39 is 34.0 Å². The van der Waals surface area contributed by atoms with Crippen LogP contribution < -0.4 is 5.43 Å². The number of alkyl halides is 3. The van der Waals surface area contributed by atoms with E-state index in [2.05, 4.69) is 5.10 Å². The van der Waals surface area contributed by atoms with Crippen molar-refractivity contribution in [2.24, 2.45) is 5.10 Å². The van der Waals surface area contributed by atoms with Gasteiger partial charge in [0.2, 0.25) is 5.71 Å². The van der Waals surface area contributed by atoms with Crippen LogP contribution in [0.5, 0.6) is 0 Å². The second-order valence-corrected chi connectivity index (χ2v) is 3.52. The molecule has 0 radical (unpaired) electrons. The summed E-state index contributed by atoms with van der Waals surface area (Å²) in [5.74, 6) is -1.17.